The molecule has 1 atom stereocenters. The fraction of sp³-hybridized carbons (Fsp3) is 0.692. The lowest BCUT2D eigenvalue weighted by molar-refractivity contribution is -0.143. The van der Waals surface area contributed by atoms with E-state index in [0.29, 0.717) is 5.56 Å². The maximum absolute atomic E-state index is 12.1. The van der Waals surface area contributed by atoms with Crippen LogP contribution in [-0.4, -0.2) is 39.8 Å². The smallest absolute Gasteiger partial charge is 0.411 e. The Morgan fingerprint density at radius 2 is 1.47 bits per heavy atom. The molecule has 2 N–H and O–H groups in total. The Balaban J connectivity index is 0.000000193. The Labute approximate surface area is 192 Å². The number of carbonyl (C=O) groups excluding carboxylic acids is 1. The maximum atomic E-state index is 12.1. The van der Waals surface area contributed by atoms with Crippen LogP contribution in [0.25, 0.3) is 0 Å². The van der Waals surface area contributed by atoms with Crippen molar-refractivity contribution in [3.8, 4) is 0 Å². The largest absolute Gasteiger partial charge is 0.479 e. The van der Waals surface area contributed by atoms with E-state index in [-0.39, 0.29) is 6.54 Å². The topological polar surface area (TPSA) is 78.9 Å². The first-order chi connectivity index (χ1) is 15.2. The van der Waals surface area contributed by atoms with Crippen LogP contribution in [0.15, 0.2) is 24.3 Å². The molecule has 0 aromatic heterocycles. The number of hydrogen-bond acceptors (Lipinski definition) is 4. The van der Waals surface area contributed by atoms with E-state index >= 15 is 0 Å². The van der Waals surface area contributed by atoms with Crippen LogP contribution in [0.2, 0.25) is 0 Å². The third kappa shape index (κ3) is 6.96. The van der Waals surface area contributed by atoms with Gasteiger partial charge in [0, 0.05) is 12.1 Å². The zero-order chi connectivity index (χ0) is 23.1. The van der Waals surface area contributed by atoms with Crippen molar-refractivity contribution in [1.29, 1.82) is 0 Å². The average Bonchev–Trinajstić information content (AvgIpc) is 3.15. The van der Waals surface area contributed by atoms with Crippen LogP contribution < -0.4 is 5.32 Å². The highest BCUT2D eigenvalue weighted by atomic mass is 16.6. The lowest BCUT2D eigenvalue weighted by Crippen LogP contribution is -2.40. The molecule has 1 aliphatic heterocycles. The van der Waals surface area contributed by atoms with Crippen LogP contribution in [0.1, 0.15) is 102 Å². The molecule has 6 heteroatoms. The van der Waals surface area contributed by atoms with Crippen LogP contribution in [0, 0.1) is 0 Å². The first-order valence-corrected chi connectivity index (χ1v) is 12.3. The van der Waals surface area contributed by atoms with Crippen LogP contribution in [-0.2, 0) is 16.1 Å². The maximum Gasteiger partial charge on any atom is 0.411 e. The molecule has 2 fully saturated rings. The van der Waals surface area contributed by atoms with Gasteiger partial charge in [-0.1, -0.05) is 62.8 Å². The van der Waals surface area contributed by atoms with Gasteiger partial charge < -0.3 is 15.2 Å². The highest BCUT2D eigenvalue weighted by molar-refractivity contribution is 5.83. The van der Waals surface area contributed by atoms with Crippen molar-refractivity contribution in [2.45, 2.75) is 115 Å². The summed E-state index contributed by atoms with van der Waals surface area (Å²) in [6.07, 6.45) is 14.0. The number of nitrogens with one attached hydrogen (secondary N) is 1. The number of carboxylic acids is 1. The number of benzene rings is 1. The SMILES string of the molecule is C1CCC(NC2CCCCC2)CC1.CC(C)(C)OC(=O)N1Cc2ccccc2[C@@H]1C(=O)O. The lowest BCUT2D eigenvalue weighted by Gasteiger charge is -2.30. The molecule has 0 saturated heterocycles. The Kier molecular flexibility index (Phi) is 8.57. The minimum Gasteiger partial charge on any atom is -0.479 e. The summed E-state index contributed by atoms with van der Waals surface area (Å²) < 4.78 is 5.26. The second kappa shape index (κ2) is 11.2. The summed E-state index contributed by atoms with van der Waals surface area (Å²) in [5.74, 6) is -1.05. The van der Waals surface area contributed by atoms with E-state index in [1.165, 1.54) is 69.1 Å². The molecule has 2 aliphatic carbocycles. The standard InChI is InChI=1S/C14H17NO4.C12H23N/c1-14(2,3)19-13(18)15-8-9-6-4-5-7-10(9)11(15)12(16)17;1-3-7-11(8-4-1)13-12-9-5-2-6-10-12/h4-7,11H,8H2,1-3H3,(H,16,17);11-13H,1-10H2/t11-;/m1./s1. The number of fused-ring (bicyclic) bond motifs is 1. The number of amides is 1. The molecule has 1 amide bonds. The Hall–Kier alpha value is -2.08. The first-order valence-electron chi connectivity index (χ1n) is 12.3. The van der Waals surface area contributed by atoms with Gasteiger partial charge in [0.2, 0.25) is 0 Å². The first kappa shape index (κ1) is 24.6. The van der Waals surface area contributed by atoms with Gasteiger partial charge in [-0.15, -0.1) is 0 Å². The lowest BCUT2D eigenvalue weighted by atomic mass is 9.91. The molecule has 0 unspecified atom stereocenters. The van der Waals surface area contributed by atoms with E-state index in [9.17, 15) is 14.7 Å². The highest BCUT2D eigenvalue weighted by Crippen LogP contribution is 2.34. The van der Waals surface area contributed by atoms with Crippen molar-refractivity contribution in [2.75, 3.05) is 0 Å². The molecule has 0 spiro atoms. The fourth-order valence-corrected chi connectivity index (χ4v) is 5.02. The predicted octanol–water partition coefficient (Wildman–Crippen LogP) is 5.80. The summed E-state index contributed by atoms with van der Waals surface area (Å²) in [6, 6.07) is 7.94. The van der Waals surface area contributed by atoms with Crippen molar-refractivity contribution in [3.05, 3.63) is 35.4 Å². The van der Waals surface area contributed by atoms with Gasteiger partial charge >= 0.3 is 12.1 Å². The number of ether oxygens (including phenoxy) is 1. The molecule has 6 nitrogen and oxygen atoms in total. The van der Waals surface area contributed by atoms with Gasteiger partial charge in [-0.25, -0.2) is 9.59 Å². The second-order valence-corrected chi connectivity index (χ2v) is 10.4. The van der Waals surface area contributed by atoms with Crippen LogP contribution in [0.5, 0.6) is 0 Å². The molecule has 0 bridgehead atoms. The molecule has 178 valence electrons. The third-order valence-corrected chi connectivity index (χ3v) is 6.55. The molecule has 1 heterocycles. The molecule has 4 rings (SSSR count). The van der Waals surface area contributed by atoms with Gasteiger partial charge in [-0.3, -0.25) is 4.90 Å². The van der Waals surface area contributed by atoms with E-state index in [1.807, 2.05) is 12.1 Å². The van der Waals surface area contributed by atoms with Gasteiger partial charge in [-0.05, 0) is 57.6 Å². The van der Waals surface area contributed by atoms with Crippen molar-refractivity contribution in [2.24, 2.45) is 0 Å². The molecular formula is C26H40N2O4. The van der Waals surface area contributed by atoms with E-state index in [4.69, 9.17) is 4.74 Å². The highest BCUT2D eigenvalue weighted by Gasteiger charge is 2.40. The van der Waals surface area contributed by atoms with Crippen LogP contribution in [0.3, 0.4) is 0 Å². The van der Waals surface area contributed by atoms with Crippen molar-refractivity contribution in [1.82, 2.24) is 10.2 Å². The van der Waals surface area contributed by atoms with Gasteiger partial charge in [0.25, 0.3) is 0 Å². The Bertz CT molecular complexity index is 745. The summed E-state index contributed by atoms with van der Waals surface area (Å²) in [7, 11) is 0. The van der Waals surface area contributed by atoms with E-state index in [0.717, 1.165) is 17.6 Å². The molecular weight excluding hydrogens is 404 g/mol. The van der Waals surface area contributed by atoms with Crippen molar-refractivity contribution >= 4 is 12.1 Å². The van der Waals surface area contributed by atoms with Gasteiger partial charge in [0.05, 0.1) is 6.54 Å². The zero-order valence-electron chi connectivity index (χ0n) is 19.9. The van der Waals surface area contributed by atoms with Gasteiger partial charge in [0.1, 0.15) is 5.60 Å². The third-order valence-electron chi connectivity index (χ3n) is 6.55. The molecule has 1 aromatic rings. The minimum absolute atomic E-state index is 0.266. The summed E-state index contributed by atoms with van der Waals surface area (Å²) >= 11 is 0. The van der Waals surface area contributed by atoms with Crippen LogP contribution in [0.4, 0.5) is 4.79 Å². The van der Waals surface area contributed by atoms with Gasteiger partial charge in [0.15, 0.2) is 6.04 Å². The fourth-order valence-electron chi connectivity index (χ4n) is 5.02. The normalized spacial score (nSPS) is 22.0. The number of nitrogens with zero attached hydrogens (tertiary/aromatic N) is 1. The number of carbonyl (C=O) groups is 2. The van der Waals surface area contributed by atoms with E-state index < -0.39 is 23.7 Å². The zero-order valence-corrected chi connectivity index (χ0v) is 19.9. The summed E-state index contributed by atoms with van der Waals surface area (Å²) in [5, 5.41) is 13.2. The van der Waals surface area contributed by atoms with Gasteiger partial charge in [-0.2, -0.15) is 0 Å². The summed E-state index contributed by atoms with van der Waals surface area (Å²) in [5.41, 5.74) is 0.858. The van der Waals surface area contributed by atoms with E-state index in [2.05, 4.69) is 5.32 Å². The molecule has 2 saturated carbocycles. The van der Waals surface area contributed by atoms with Crippen molar-refractivity contribution in [3.63, 3.8) is 0 Å². The number of rotatable bonds is 3. The second-order valence-electron chi connectivity index (χ2n) is 10.4. The quantitative estimate of drug-likeness (QED) is 0.615. The molecule has 0 radical (unpaired) electrons. The average molecular weight is 445 g/mol. The Morgan fingerprint density at radius 3 is 1.97 bits per heavy atom. The monoisotopic (exact) mass is 444 g/mol. The molecule has 1 aromatic carbocycles. The summed E-state index contributed by atoms with van der Waals surface area (Å²) in [6.45, 7) is 5.53. The summed E-state index contributed by atoms with van der Waals surface area (Å²) in [4.78, 5) is 24.7. The number of aliphatic carboxylic acids is 1. The number of carboxylic acid groups (broad SMARTS) is 1. The number of hydrogen-bond donors (Lipinski definition) is 2. The minimum atomic E-state index is -1.05. The van der Waals surface area contributed by atoms with Crippen molar-refractivity contribution < 1.29 is 19.4 Å². The molecule has 32 heavy (non-hydrogen) atoms. The Morgan fingerprint density at radius 1 is 0.938 bits per heavy atom. The molecule has 3 aliphatic rings. The van der Waals surface area contributed by atoms with E-state index in [1.54, 1.807) is 32.9 Å². The predicted molar refractivity (Wildman–Crippen MR) is 125 cm³/mol. The van der Waals surface area contributed by atoms with Crippen LogP contribution >= 0.6 is 0 Å².